The van der Waals surface area contributed by atoms with Gasteiger partial charge in [0.2, 0.25) is 6.79 Å². The maximum absolute atomic E-state index is 13.9. The summed E-state index contributed by atoms with van der Waals surface area (Å²) in [6, 6.07) is 8.65. The second kappa shape index (κ2) is 9.84. The van der Waals surface area contributed by atoms with Crippen molar-refractivity contribution in [3.63, 3.8) is 0 Å². The Morgan fingerprint density at radius 2 is 2.00 bits per heavy atom. The van der Waals surface area contributed by atoms with Crippen molar-refractivity contribution in [1.82, 2.24) is 0 Å². The third kappa shape index (κ3) is 5.88. The number of rotatable bonds is 8. The van der Waals surface area contributed by atoms with Gasteiger partial charge in [0, 0.05) is 17.8 Å². The van der Waals surface area contributed by atoms with E-state index in [1.54, 1.807) is 25.1 Å². The Bertz CT molecular complexity index is 992. The standard InChI is InChI=1S/C22H22FNO7/c1-13(4-2-3-5-20(26)27)21(14-6-8-17(25)16(23)10-14)31-22(28)24-15-7-9-18-19(11-15)30-12-29-18/h3,5-11,13,21,25H,2,4,12H2,1H3,(H,24,28)(H,26,27)/b5-3+/t13-,21+/m0/s1. The van der Waals surface area contributed by atoms with Crippen LogP contribution in [0.4, 0.5) is 14.9 Å². The van der Waals surface area contributed by atoms with E-state index in [1.807, 2.05) is 0 Å². The Balaban J connectivity index is 1.72. The molecule has 164 valence electrons. The summed E-state index contributed by atoms with van der Waals surface area (Å²) in [6.07, 6.45) is 1.86. The van der Waals surface area contributed by atoms with Crippen LogP contribution in [0.5, 0.6) is 17.2 Å². The topological polar surface area (TPSA) is 114 Å². The van der Waals surface area contributed by atoms with Crippen LogP contribution in [-0.2, 0) is 9.53 Å². The third-order valence-corrected chi connectivity index (χ3v) is 4.72. The summed E-state index contributed by atoms with van der Waals surface area (Å²) in [7, 11) is 0. The highest BCUT2D eigenvalue weighted by Crippen LogP contribution is 2.35. The van der Waals surface area contributed by atoms with E-state index in [2.05, 4.69) is 5.32 Å². The van der Waals surface area contributed by atoms with E-state index in [0.717, 1.165) is 12.1 Å². The van der Waals surface area contributed by atoms with Gasteiger partial charge in [0.1, 0.15) is 6.10 Å². The number of carbonyl (C=O) groups is 2. The number of carboxylic acid groups (broad SMARTS) is 1. The van der Waals surface area contributed by atoms with Crippen molar-refractivity contribution in [2.75, 3.05) is 12.1 Å². The minimum atomic E-state index is -1.05. The van der Waals surface area contributed by atoms with E-state index >= 15 is 0 Å². The molecule has 1 amide bonds. The summed E-state index contributed by atoms with van der Waals surface area (Å²) >= 11 is 0. The van der Waals surface area contributed by atoms with Crippen molar-refractivity contribution in [2.45, 2.75) is 25.9 Å². The zero-order valence-electron chi connectivity index (χ0n) is 16.7. The lowest BCUT2D eigenvalue weighted by Crippen LogP contribution is -2.22. The molecule has 0 bridgehead atoms. The molecule has 0 unspecified atom stereocenters. The van der Waals surface area contributed by atoms with Gasteiger partial charge in [-0.05, 0) is 48.6 Å². The van der Waals surface area contributed by atoms with Gasteiger partial charge >= 0.3 is 12.1 Å². The van der Waals surface area contributed by atoms with E-state index in [-0.39, 0.29) is 12.7 Å². The van der Waals surface area contributed by atoms with Crippen LogP contribution in [0.25, 0.3) is 0 Å². The molecule has 2 aromatic carbocycles. The number of allylic oxidation sites excluding steroid dienone is 1. The van der Waals surface area contributed by atoms with Gasteiger partial charge in [0.05, 0.1) is 0 Å². The average molecular weight is 431 g/mol. The minimum Gasteiger partial charge on any atom is -0.505 e. The molecule has 0 spiro atoms. The fraction of sp³-hybridized carbons (Fsp3) is 0.273. The van der Waals surface area contributed by atoms with Crippen molar-refractivity contribution in [1.29, 1.82) is 0 Å². The predicted molar refractivity (Wildman–Crippen MR) is 109 cm³/mol. The first-order valence-electron chi connectivity index (χ1n) is 9.58. The summed E-state index contributed by atoms with van der Waals surface area (Å²) in [4.78, 5) is 23.1. The van der Waals surface area contributed by atoms with Crippen LogP contribution in [0.3, 0.4) is 0 Å². The van der Waals surface area contributed by atoms with Gasteiger partial charge in [-0.3, -0.25) is 5.32 Å². The number of benzene rings is 2. The minimum absolute atomic E-state index is 0.103. The molecule has 3 rings (SSSR count). The molecule has 0 fully saturated rings. The van der Waals surface area contributed by atoms with Gasteiger partial charge in [0.15, 0.2) is 23.1 Å². The number of ether oxygens (including phenoxy) is 3. The quantitative estimate of drug-likeness (QED) is 0.523. The lowest BCUT2D eigenvalue weighted by molar-refractivity contribution is -0.131. The molecule has 1 heterocycles. The molecule has 1 aliphatic heterocycles. The molecule has 31 heavy (non-hydrogen) atoms. The number of carbonyl (C=O) groups excluding carboxylic acids is 1. The summed E-state index contributed by atoms with van der Waals surface area (Å²) < 4.78 is 30.0. The number of fused-ring (bicyclic) bond motifs is 1. The lowest BCUT2D eigenvalue weighted by Gasteiger charge is -2.25. The van der Waals surface area contributed by atoms with E-state index in [1.165, 1.54) is 18.2 Å². The highest BCUT2D eigenvalue weighted by molar-refractivity contribution is 5.85. The molecule has 2 atom stereocenters. The summed E-state index contributed by atoms with van der Waals surface area (Å²) in [5.74, 6) is -1.60. The van der Waals surface area contributed by atoms with Crippen molar-refractivity contribution < 1.29 is 38.4 Å². The molecule has 0 saturated heterocycles. The first-order valence-corrected chi connectivity index (χ1v) is 9.58. The van der Waals surface area contributed by atoms with Gasteiger partial charge < -0.3 is 24.4 Å². The Morgan fingerprint density at radius 3 is 2.74 bits per heavy atom. The number of carboxylic acids is 1. The molecule has 9 heteroatoms. The van der Waals surface area contributed by atoms with E-state index < -0.39 is 29.7 Å². The van der Waals surface area contributed by atoms with Crippen LogP contribution in [0.1, 0.15) is 31.4 Å². The second-order valence-electron chi connectivity index (χ2n) is 7.03. The SMILES string of the molecule is C[C@@H](CC/C=C/C(=O)O)[C@@H](OC(=O)Nc1ccc2c(c1)OCO2)c1ccc(O)c(F)c1. The molecule has 2 aromatic rings. The highest BCUT2D eigenvalue weighted by Gasteiger charge is 2.25. The number of aromatic hydroxyl groups is 1. The van der Waals surface area contributed by atoms with Crippen molar-refractivity contribution in [3.05, 3.63) is 59.9 Å². The van der Waals surface area contributed by atoms with Crippen LogP contribution in [-0.4, -0.2) is 29.1 Å². The molecular formula is C22H22FNO7. The summed E-state index contributed by atoms with van der Waals surface area (Å²) in [6.45, 7) is 1.91. The number of phenols is 1. The van der Waals surface area contributed by atoms with Gasteiger partial charge in [0.25, 0.3) is 0 Å². The Kier molecular flexibility index (Phi) is 6.96. The molecule has 0 aromatic heterocycles. The Hall–Kier alpha value is -3.75. The first-order chi connectivity index (χ1) is 14.8. The van der Waals surface area contributed by atoms with Crippen LogP contribution in [0, 0.1) is 11.7 Å². The molecule has 0 aliphatic carbocycles. The number of aliphatic carboxylic acids is 1. The maximum atomic E-state index is 13.9. The lowest BCUT2D eigenvalue weighted by atomic mass is 9.93. The van der Waals surface area contributed by atoms with Crippen LogP contribution in [0.2, 0.25) is 0 Å². The van der Waals surface area contributed by atoms with Gasteiger partial charge in [-0.1, -0.05) is 19.1 Å². The Labute approximate surface area is 177 Å². The zero-order valence-corrected chi connectivity index (χ0v) is 16.7. The summed E-state index contributed by atoms with van der Waals surface area (Å²) in [5, 5.41) is 20.8. The van der Waals surface area contributed by atoms with Crippen molar-refractivity contribution in [3.8, 4) is 17.2 Å². The van der Waals surface area contributed by atoms with Gasteiger partial charge in [-0.2, -0.15) is 0 Å². The third-order valence-electron chi connectivity index (χ3n) is 4.72. The van der Waals surface area contributed by atoms with Gasteiger partial charge in [-0.15, -0.1) is 0 Å². The molecule has 8 nitrogen and oxygen atoms in total. The fourth-order valence-electron chi connectivity index (χ4n) is 3.14. The largest absolute Gasteiger partial charge is 0.505 e. The van der Waals surface area contributed by atoms with Crippen LogP contribution >= 0.6 is 0 Å². The Morgan fingerprint density at radius 1 is 1.23 bits per heavy atom. The number of halogens is 1. The second-order valence-corrected chi connectivity index (χ2v) is 7.03. The van der Waals surface area contributed by atoms with Crippen LogP contribution < -0.4 is 14.8 Å². The predicted octanol–water partition coefficient (Wildman–Crippen LogP) is 4.61. The first kappa shape index (κ1) is 21.9. The van der Waals surface area contributed by atoms with E-state index in [9.17, 15) is 19.1 Å². The number of hydrogen-bond acceptors (Lipinski definition) is 6. The maximum Gasteiger partial charge on any atom is 0.412 e. The number of amides is 1. The van der Waals surface area contributed by atoms with Gasteiger partial charge in [-0.25, -0.2) is 14.0 Å². The molecule has 0 saturated carbocycles. The zero-order chi connectivity index (χ0) is 22.4. The monoisotopic (exact) mass is 431 g/mol. The molecule has 3 N–H and O–H groups in total. The fourth-order valence-corrected chi connectivity index (χ4v) is 3.14. The average Bonchev–Trinajstić information content (AvgIpc) is 3.19. The number of anilines is 1. The number of nitrogens with one attached hydrogen (secondary N) is 1. The van der Waals surface area contributed by atoms with E-state index in [0.29, 0.717) is 35.6 Å². The summed E-state index contributed by atoms with van der Waals surface area (Å²) in [5.41, 5.74) is 0.799. The smallest absolute Gasteiger partial charge is 0.412 e. The van der Waals surface area contributed by atoms with E-state index in [4.69, 9.17) is 19.3 Å². The molecule has 0 radical (unpaired) electrons. The number of hydrogen-bond donors (Lipinski definition) is 3. The molecule has 1 aliphatic rings. The number of phenolic OH excluding ortho intramolecular Hbond substituents is 1. The highest BCUT2D eigenvalue weighted by atomic mass is 19.1. The molecular weight excluding hydrogens is 409 g/mol. The van der Waals surface area contributed by atoms with Crippen LogP contribution in [0.15, 0.2) is 48.6 Å². The van der Waals surface area contributed by atoms with Crippen molar-refractivity contribution >= 4 is 17.7 Å². The van der Waals surface area contributed by atoms with Crippen molar-refractivity contribution in [2.24, 2.45) is 5.92 Å². The normalized spacial score (nSPS) is 14.3.